The van der Waals surface area contributed by atoms with E-state index in [0.29, 0.717) is 11.8 Å². The predicted octanol–water partition coefficient (Wildman–Crippen LogP) is 4.01. The van der Waals surface area contributed by atoms with Crippen molar-refractivity contribution in [3.05, 3.63) is 54.1 Å². The lowest BCUT2D eigenvalue weighted by Crippen LogP contribution is -1.92. The van der Waals surface area contributed by atoms with Crippen LogP contribution in [0.1, 0.15) is 30.9 Å². The van der Waals surface area contributed by atoms with Gasteiger partial charge in [-0.3, -0.25) is 0 Å². The third-order valence-electron chi connectivity index (χ3n) is 3.04. The van der Waals surface area contributed by atoms with Crippen LogP contribution in [0.4, 0.5) is 0 Å². The summed E-state index contributed by atoms with van der Waals surface area (Å²) in [5.41, 5.74) is 4.30. The van der Waals surface area contributed by atoms with Crippen molar-refractivity contribution in [2.24, 2.45) is 5.92 Å². The zero-order chi connectivity index (χ0) is 10.1. The Morgan fingerprint density at radius 1 is 1.36 bits per heavy atom. The molecular formula is C14H16. The molecule has 0 nitrogen and oxygen atoms in total. The van der Waals surface area contributed by atoms with Crippen molar-refractivity contribution in [3.63, 3.8) is 0 Å². The van der Waals surface area contributed by atoms with E-state index in [1.54, 1.807) is 0 Å². The van der Waals surface area contributed by atoms with Crippen LogP contribution in [-0.4, -0.2) is 0 Å². The van der Waals surface area contributed by atoms with Crippen LogP contribution in [0.25, 0.3) is 5.57 Å². The second kappa shape index (κ2) is 3.45. The molecule has 1 aliphatic carbocycles. The fourth-order valence-electron chi connectivity index (χ4n) is 2.13. The van der Waals surface area contributed by atoms with Gasteiger partial charge in [0.1, 0.15) is 0 Å². The zero-order valence-corrected chi connectivity index (χ0v) is 8.83. The minimum Gasteiger partial charge on any atom is -0.102 e. The highest BCUT2D eigenvalue weighted by atomic mass is 14.3. The molecule has 0 aliphatic heterocycles. The molecule has 0 saturated heterocycles. The van der Waals surface area contributed by atoms with Crippen LogP contribution in [0.3, 0.4) is 0 Å². The SMILES string of the molecule is C=CC(C)C1=C[C@@H](C)c2ccccc21. The topological polar surface area (TPSA) is 0 Å². The van der Waals surface area contributed by atoms with Gasteiger partial charge in [0, 0.05) is 5.92 Å². The Bertz CT molecular complexity index is 385. The van der Waals surface area contributed by atoms with E-state index in [1.165, 1.54) is 16.7 Å². The van der Waals surface area contributed by atoms with E-state index in [9.17, 15) is 0 Å². The average molecular weight is 184 g/mol. The Labute approximate surface area is 86.0 Å². The van der Waals surface area contributed by atoms with Crippen LogP contribution in [0, 0.1) is 5.92 Å². The van der Waals surface area contributed by atoms with Gasteiger partial charge in [0.15, 0.2) is 0 Å². The molecule has 0 heteroatoms. The van der Waals surface area contributed by atoms with Gasteiger partial charge in [0.05, 0.1) is 0 Å². The van der Waals surface area contributed by atoms with E-state index in [1.807, 2.05) is 6.08 Å². The summed E-state index contributed by atoms with van der Waals surface area (Å²) in [6, 6.07) is 8.66. The molecule has 0 fully saturated rings. The van der Waals surface area contributed by atoms with Gasteiger partial charge in [-0.25, -0.2) is 0 Å². The van der Waals surface area contributed by atoms with Crippen LogP contribution in [-0.2, 0) is 0 Å². The van der Waals surface area contributed by atoms with Crippen molar-refractivity contribution in [3.8, 4) is 0 Å². The molecule has 2 atom stereocenters. The fraction of sp³-hybridized carbons (Fsp3) is 0.286. The Hall–Kier alpha value is -1.30. The molecule has 0 radical (unpaired) electrons. The van der Waals surface area contributed by atoms with E-state index in [-0.39, 0.29) is 0 Å². The molecule has 1 unspecified atom stereocenters. The molecule has 1 aromatic carbocycles. The number of benzene rings is 1. The predicted molar refractivity (Wildman–Crippen MR) is 62.2 cm³/mol. The lowest BCUT2D eigenvalue weighted by molar-refractivity contribution is 0.962. The third-order valence-corrected chi connectivity index (χ3v) is 3.04. The minimum atomic E-state index is 0.459. The maximum Gasteiger partial charge on any atom is 0.000185 e. The second-order valence-corrected chi connectivity index (χ2v) is 4.02. The standard InChI is InChI=1S/C14H16/c1-4-10(2)14-9-11(3)12-7-5-6-8-13(12)14/h4-11H,1H2,2-3H3/t10?,11-/m1/s1. The molecule has 1 aliphatic rings. The normalized spacial score (nSPS) is 21.3. The monoisotopic (exact) mass is 184 g/mol. The van der Waals surface area contributed by atoms with Crippen molar-refractivity contribution in [1.29, 1.82) is 0 Å². The first kappa shape index (κ1) is 9.26. The third kappa shape index (κ3) is 1.31. The van der Waals surface area contributed by atoms with Crippen molar-refractivity contribution in [2.75, 3.05) is 0 Å². The van der Waals surface area contributed by atoms with Crippen molar-refractivity contribution in [2.45, 2.75) is 19.8 Å². The zero-order valence-electron chi connectivity index (χ0n) is 8.83. The van der Waals surface area contributed by atoms with Crippen LogP contribution in [0.5, 0.6) is 0 Å². The van der Waals surface area contributed by atoms with Gasteiger partial charge in [0.25, 0.3) is 0 Å². The van der Waals surface area contributed by atoms with Crippen molar-refractivity contribution < 1.29 is 0 Å². The maximum atomic E-state index is 3.86. The Kier molecular flexibility index (Phi) is 2.28. The largest absolute Gasteiger partial charge is 0.102 e. The molecule has 0 aromatic heterocycles. The van der Waals surface area contributed by atoms with Gasteiger partial charge in [-0.2, -0.15) is 0 Å². The lowest BCUT2D eigenvalue weighted by atomic mass is 9.95. The molecule has 0 N–H and O–H groups in total. The first-order valence-corrected chi connectivity index (χ1v) is 5.17. The Morgan fingerprint density at radius 3 is 2.79 bits per heavy atom. The van der Waals surface area contributed by atoms with Crippen LogP contribution in [0.2, 0.25) is 0 Å². The minimum absolute atomic E-state index is 0.459. The molecule has 0 amide bonds. The molecule has 1 aromatic rings. The summed E-state index contributed by atoms with van der Waals surface area (Å²) in [5.74, 6) is 1.02. The van der Waals surface area contributed by atoms with Crippen molar-refractivity contribution in [1.82, 2.24) is 0 Å². The summed E-state index contributed by atoms with van der Waals surface area (Å²) in [4.78, 5) is 0. The number of allylic oxidation sites excluding steroid dienone is 3. The van der Waals surface area contributed by atoms with Gasteiger partial charge >= 0.3 is 0 Å². The smallest absolute Gasteiger partial charge is 0.000185 e. The number of hydrogen-bond donors (Lipinski definition) is 0. The summed E-state index contributed by atoms with van der Waals surface area (Å²) in [5, 5.41) is 0. The fourth-order valence-corrected chi connectivity index (χ4v) is 2.13. The van der Waals surface area contributed by atoms with Crippen LogP contribution < -0.4 is 0 Å². The highest BCUT2D eigenvalue weighted by molar-refractivity contribution is 5.76. The van der Waals surface area contributed by atoms with Gasteiger partial charge in [-0.05, 0) is 22.6 Å². The second-order valence-electron chi connectivity index (χ2n) is 4.02. The van der Waals surface area contributed by atoms with Gasteiger partial charge in [-0.1, -0.05) is 50.3 Å². The van der Waals surface area contributed by atoms with E-state index >= 15 is 0 Å². The highest BCUT2D eigenvalue weighted by Gasteiger charge is 2.21. The first-order chi connectivity index (χ1) is 6.74. The molecule has 0 spiro atoms. The number of fused-ring (bicyclic) bond motifs is 1. The van der Waals surface area contributed by atoms with Gasteiger partial charge in [-0.15, -0.1) is 6.58 Å². The molecule has 0 bridgehead atoms. The average Bonchev–Trinajstić information content (AvgIpc) is 2.56. The van der Waals surface area contributed by atoms with E-state index in [4.69, 9.17) is 0 Å². The number of hydrogen-bond acceptors (Lipinski definition) is 0. The highest BCUT2D eigenvalue weighted by Crippen LogP contribution is 2.39. The molecule has 0 heterocycles. The van der Waals surface area contributed by atoms with Gasteiger partial charge in [0.2, 0.25) is 0 Å². The first-order valence-electron chi connectivity index (χ1n) is 5.17. The van der Waals surface area contributed by atoms with Crippen LogP contribution in [0.15, 0.2) is 43.0 Å². The Balaban J connectivity index is 2.48. The summed E-state index contributed by atoms with van der Waals surface area (Å²) < 4.78 is 0. The molecule has 14 heavy (non-hydrogen) atoms. The van der Waals surface area contributed by atoms with E-state index in [0.717, 1.165) is 0 Å². The molecule has 2 rings (SSSR count). The summed E-state index contributed by atoms with van der Waals surface area (Å²) in [6.07, 6.45) is 4.37. The molecule has 0 saturated carbocycles. The summed E-state index contributed by atoms with van der Waals surface area (Å²) in [6.45, 7) is 8.32. The quantitative estimate of drug-likeness (QED) is 0.609. The maximum absolute atomic E-state index is 3.86. The van der Waals surface area contributed by atoms with E-state index in [2.05, 4.69) is 50.8 Å². The van der Waals surface area contributed by atoms with E-state index < -0.39 is 0 Å². The molecular weight excluding hydrogens is 168 g/mol. The molecule has 72 valence electrons. The van der Waals surface area contributed by atoms with Crippen molar-refractivity contribution >= 4 is 5.57 Å². The lowest BCUT2D eigenvalue weighted by Gasteiger charge is -2.09. The Morgan fingerprint density at radius 2 is 2.07 bits per heavy atom. The van der Waals surface area contributed by atoms with Crippen LogP contribution >= 0.6 is 0 Å². The summed E-state index contributed by atoms with van der Waals surface area (Å²) >= 11 is 0. The van der Waals surface area contributed by atoms with Gasteiger partial charge < -0.3 is 0 Å². The summed E-state index contributed by atoms with van der Waals surface area (Å²) in [7, 11) is 0. The number of rotatable bonds is 2.